The largest absolute Gasteiger partial charge is 0.321 e. The van der Waals surface area contributed by atoms with Crippen LogP contribution in [-0.2, 0) is 19.1 Å². The van der Waals surface area contributed by atoms with Crippen LogP contribution in [0, 0.1) is 0 Å². The Morgan fingerprint density at radius 3 is 2.62 bits per heavy atom. The molecule has 0 atom stereocenters. The third kappa shape index (κ3) is 2.68. The third-order valence-corrected chi connectivity index (χ3v) is 3.15. The van der Waals surface area contributed by atoms with Crippen molar-refractivity contribution in [1.29, 1.82) is 0 Å². The van der Waals surface area contributed by atoms with Gasteiger partial charge in [0.05, 0.1) is 12.8 Å². The molecule has 0 spiro atoms. The summed E-state index contributed by atoms with van der Waals surface area (Å²) in [6.07, 6.45) is 1.05. The quantitative estimate of drug-likeness (QED) is 0.634. The molecule has 0 radical (unpaired) electrons. The number of amides is 1. The summed E-state index contributed by atoms with van der Waals surface area (Å²) < 4.78 is 27.4. The number of benzene rings is 1. The SMILES string of the molecule is C=CC(=O)Nc1ccccc1S(=O)(=O)OC. The van der Waals surface area contributed by atoms with Gasteiger partial charge in [-0.05, 0) is 18.2 Å². The monoisotopic (exact) mass is 241 g/mol. The summed E-state index contributed by atoms with van der Waals surface area (Å²) in [4.78, 5) is 11.0. The Hall–Kier alpha value is -1.66. The van der Waals surface area contributed by atoms with Crippen LogP contribution >= 0.6 is 0 Å². The molecule has 0 aromatic heterocycles. The highest BCUT2D eigenvalue weighted by molar-refractivity contribution is 7.87. The summed E-state index contributed by atoms with van der Waals surface area (Å²) >= 11 is 0. The Balaban J connectivity index is 3.21. The number of rotatable bonds is 4. The number of para-hydroxylation sites is 1. The van der Waals surface area contributed by atoms with E-state index in [0.717, 1.165) is 13.2 Å². The zero-order valence-corrected chi connectivity index (χ0v) is 9.45. The van der Waals surface area contributed by atoms with Gasteiger partial charge in [-0.1, -0.05) is 18.7 Å². The Morgan fingerprint density at radius 2 is 2.06 bits per heavy atom. The van der Waals surface area contributed by atoms with Crippen molar-refractivity contribution < 1.29 is 17.4 Å². The van der Waals surface area contributed by atoms with Gasteiger partial charge in [0.15, 0.2) is 0 Å². The molecule has 0 bridgehead atoms. The molecule has 0 aliphatic rings. The maximum absolute atomic E-state index is 11.5. The van der Waals surface area contributed by atoms with E-state index in [0.29, 0.717) is 0 Å². The standard InChI is InChI=1S/C10H11NO4S/c1-3-10(12)11-8-6-4-5-7-9(8)16(13,14)15-2/h3-7H,1H2,2H3,(H,11,12). The number of nitrogens with one attached hydrogen (secondary N) is 1. The van der Waals surface area contributed by atoms with Crippen LogP contribution in [0.25, 0.3) is 0 Å². The highest BCUT2D eigenvalue weighted by Crippen LogP contribution is 2.22. The minimum Gasteiger partial charge on any atom is -0.321 e. The lowest BCUT2D eigenvalue weighted by molar-refractivity contribution is -0.111. The fourth-order valence-corrected chi connectivity index (χ4v) is 1.87. The lowest BCUT2D eigenvalue weighted by Gasteiger charge is -2.08. The number of hydrogen-bond acceptors (Lipinski definition) is 4. The predicted octanol–water partition coefficient (Wildman–Crippen LogP) is 1.15. The fraction of sp³-hybridized carbons (Fsp3) is 0.100. The molecule has 0 fully saturated rings. The number of carbonyl (C=O) groups excluding carboxylic acids is 1. The molecule has 16 heavy (non-hydrogen) atoms. The van der Waals surface area contributed by atoms with Crippen molar-refractivity contribution in [3.05, 3.63) is 36.9 Å². The van der Waals surface area contributed by atoms with Gasteiger partial charge in [-0.25, -0.2) is 0 Å². The van der Waals surface area contributed by atoms with Crippen LogP contribution in [0.5, 0.6) is 0 Å². The molecule has 5 nitrogen and oxygen atoms in total. The van der Waals surface area contributed by atoms with Crippen LogP contribution in [-0.4, -0.2) is 21.4 Å². The Kier molecular flexibility index (Phi) is 3.81. The molecule has 1 rings (SSSR count). The molecule has 6 heteroatoms. The molecule has 86 valence electrons. The van der Waals surface area contributed by atoms with Crippen molar-refractivity contribution >= 4 is 21.7 Å². The lowest BCUT2D eigenvalue weighted by Crippen LogP contribution is -2.12. The molecule has 0 unspecified atom stereocenters. The van der Waals surface area contributed by atoms with Gasteiger partial charge in [0, 0.05) is 0 Å². The van der Waals surface area contributed by atoms with E-state index >= 15 is 0 Å². The molecule has 1 amide bonds. The smallest absolute Gasteiger partial charge is 0.298 e. The van der Waals surface area contributed by atoms with Crippen LogP contribution in [0.1, 0.15) is 0 Å². The summed E-state index contributed by atoms with van der Waals surface area (Å²) in [7, 11) is -2.77. The van der Waals surface area contributed by atoms with Gasteiger partial charge >= 0.3 is 0 Å². The molecule has 1 aromatic carbocycles. The van der Waals surface area contributed by atoms with Crippen LogP contribution in [0.3, 0.4) is 0 Å². The van der Waals surface area contributed by atoms with E-state index in [4.69, 9.17) is 0 Å². The maximum Gasteiger partial charge on any atom is 0.298 e. The predicted molar refractivity (Wildman–Crippen MR) is 59.5 cm³/mol. The van der Waals surface area contributed by atoms with E-state index in [1.165, 1.54) is 18.2 Å². The van der Waals surface area contributed by atoms with Crippen LogP contribution in [0.2, 0.25) is 0 Å². The third-order valence-electron chi connectivity index (χ3n) is 1.82. The minimum absolute atomic E-state index is 0.0901. The summed E-state index contributed by atoms with van der Waals surface area (Å²) in [5.74, 6) is -0.487. The van der Waals surface area contributed by atoms with Crippen molar-refractivity contribution in [2.24, 2.45) is 0 Å². The molecule has 0 heterocycles. The summed E-state index contributed by atoms with van der Waals surface area (Å²) in [5, 5.41) is 2.38. The molecule has 1 N–H and O–H groups in total. The summed E-state index contributed by atoms with van der Waals surface area (Å²) in [6.45, 7) is 3.28. The topological polar surface area (TPSA) is 72.5 Å². The van der Waals surface area contributed by atoms with E-state index < -0.39 is 16.0 Å². The van der Waals surface area contributed by atoms with E-state index in [1.54, 1.807) is 6.07 Å². The first-order valence-electron chi connectivity index (χ1n) is 4.34. The molecule has 1 aromatic rings. The second-order valence-corrected chi connectivity index (χ2v) is 4.49. The van der Waals surface area contributed by atoms with Crippen molar-refractivity contribution in [3.63, 3.8) is 0 Å². The zero-order valence-electron chi connectivity index (χ0n) is 8.64. The van der Waals surface area contributed by atoms with E-state index in [2.05, 4.69) is 16.1 Å². The number of anilines is 1. The fourth-order valence-electron chi connectivity index (χ4n) is 1.06. The Bertz CT molecular complexity index is 507. The minimum atomic E-state index is -3.83. The average molecular weight is 241 g/mol. The molecule has 0 saturated heterocycles. The second kappa shape index (κ2) is 4.91. The first-order valence-corrected chi connectivity index (χ1v) is 5.75. The van der Waals surface area contributed by atoms with Crippen molar-refractivity contribution in [3.8, 4) is 0 Å². The second-order valence-electron chi connectivity index (χ2n) is 2.81. The van der Waals surface area contributed by atoms with Gasteiger partial charge in [0.1, 0.15) is 4.90 Å². The van der Waals surface area contributed by atoms with E-state index in [9.17, 15) is 13.2 Å². The van der Waals surface area contributed by atoms with Gasteiger partial charge in [-0.15, -0.1) is 0 Å². The summed E-state index contributed by atoms with van der Waals surface area (Å²) in [5.41, 5.74) is 0.161. The molecular formula is C10H11NO4S. The van der Waals surface area contributed by atoms with Gasteiger partial charge in [0.25, 0.3) is 10.1 Å². The average Bonchev–Trinajstić information content (AvgIpc) is 2.29. The maximum atomic E-state index is 11.5. The summed E-state index contributed by atoms with van der Waals surface area (Å²) in [6, 6.07) is 5.95. The first kappa shape index (κ1) is 12.4. The number of hydrogen-bond donors (Lipinski definition) is 1. The lowest BCUT2D eigenvalue weighted by atomic mass is 10.3. The highest BCUT2D eigenvalue weighted by atomic mass is 32.2. The van der Waals surface area contributed by atoms with Gasteiger partial charge < -0.3 is 5.32 Å². The van der Waals surface area contributed by atoms with Gasteiger partial charge in [0.2, 0.25) is 5.91 Å². The van der Waals surface area contributed by atoms with Crippen molar-refractivity contribution in [2.75, 3.05) is 12.4 Å². The van der Waals surface area contributed by atoms with Gasteiger partial charge in [-0.3, -0.25) is 8.98 Å². The molecule has 0 aliphatic carbocycles. The van der Waals surface area contributed by atoms with Crippen LogP contribution in [0.4, 0.5) is 5.69 Å². The van der Waals surface area contributed by atoms with Crippen molar-refractivity contribution in [1.82, 2.24) is 0 Å². The highest BCUT2D eigenvalue weighted by Gasteiger charge is 2.17. The number of carbonyl (C=O) groups is 1. The molecule has 0 saturated carbocycles. The normalized spacial score (nSPS) is 10.8. The Morgan fingerprint density at radius 1 is 1.44 bits per heavy atom. The van der Waals surface area contributed by atoms with Gasteiger partial charge in [-0.2, -0.15) is 8.42 Å². The van der Waals surface area contributed by atoms with Crippen LogP contribution < -0.4 is 5.32 Å². The zero-order chi connectivity index (χ0) is 12.2. The molecule has 0 aliphatic heterocycles. The first-order chi connectivity index (χ1) is 7.51. The molecular weight excluding hydrogens is 230 g/mol. The van der Waals surface area contributed by atoms with Crippen molar-refractivity contribution in [2.45, 2.75) is 4.90 Å². The van der Waals surface area contributed by atoms with E-state index in [1.807, 2.05) is 0 Å². The van der Waals surface area contributed by atoms with Crippen LogP contribution in [0.15, 0.2) is 41.8 Å². The van der Waals surface area contributed by atoms with E-state index in [-0.39, 0.29) is 10.6 Å². The Labute approximate surface area is 93.9 Å².